The summed E-state index contributed by atoms with van der Waals surface area (Å²) >= 11 is 5.56. The summed E-state index contributed by atoms with van der Waals surface area (Å²) in [6.07, 6.45) is 0. The SMILES string of the molecule is O=C(O)c1cc([N+](=O)[O-])ccc1-c1ccc(Cl)c(F)c1. The molecule has 0 aromatic heterocycles. The Morgan fingerprint density at radius 2 is 1.95 bits per heavy atom. The fourth-order valence-electron chi connectivity index (χ4n) is 1.74. The topological polar surface area (TPSA) is 80.4 Å². The van der Waals surface area contributed by atoms with Crippen LogP contribution >= 0.6 is 11.6 Å². The van der Waals surface area contributed by atoms with Crippen molar-refractivity contribution in [1.82, 2.24) is 0 Å². The first kappa shape index (κ1) is 14.0. The van der Waals surface area contributed by atoms with Crippen LogP contribution in [-0.2, 0) is 0 Å². The van der Waals surface area contributed by atoms with Gasteiger partial charge in [-0.2, -0.15) is 0 Å². The van der Waals surface area contributed by atoms with Gasteiger partial charge in [0.2, 0.25) is 0 Å². The number of rotatable bonds is 3. The van der Waals surface area contributed by atoms with Gasteiger partial charge in [0.25, 0.3) is 5.69 Å². The minimum atomic E-state index is -1.33. The van der Waals surface area contributed by atoms with E-state index in [1.54, 1.807) is 0 Å². The molecule has 0 heterocycles. The van der Waals surface area contributed by atoms with Crippen molar-refractivity contribution < 1.29 is 19.2 Å². The number of nitro benzene ring substituents is 1. The molecule has 2 aromatic carbocycles. The zero-order chi connectivity index (χ0) is 14.9. The van der Waals surface area contributed by atoms with Crippen molar-refractivity contribution in [2.75, 3.05) is 0 Å². The lowest BCUT2D eigenvalue weighted by Crippen LogP contribution is -2.01. The van der Waals surface area contributed by atoms with Gasteiger partial charge in [0.1, 0.15) is 5.82 Å². The third-order valence-electron chi connectivity index (χ3n) is 2.67. The molecule has 7 heteroatoms. The molecule has 0 fully saturated rings. The lowest BCUT2D eigenvalue weighted by Gasteiger charge is -2.07. The Morgan fingerprint density at radius 1 is 1.25 bits per heavy atom. The lowest BCUT2D eigenvalue weighted by atomic mass is 9.99. The van der Waals surface area contributed by atoms with Crippen molar-refractivity contribution in [2.45, 2.75) is 0 Å². The molecule has 20 heavy (non-hydrogen) atoms. The fourth-order valence-corrected chi connectivity index (χ4v) is 1.86. The molecular weight excluding hydrogens is 289 g/mol. The quantitative estimate of drug-likeness (QED) is 0.690. The highest BCUT2D eigenvalue weighted by Gasteiger charge is 2.17. The Morgan fingerprint density at radius 3 is 2.50 bits per heavy atom. The summed E-state index contributed by atoms with van der Waals surface area (Å²) in [6.45, 7) is 0. The van der Waals surface area contributed by atoms with Crippen molar-refractivity contribution in [1.29, 1.82) is 0 Å². The molecule has 0 saturated heterocycles. The molecule has 0 amide bonds. The Hall–Kier alpha value is -2.47. The smallest absolute Gasteiger partial charge is 0.336 e. The summed E-state index contributed by atoms with van der Waals surface area (Å²) in [6, 6.07) is 7.18. The van der Waals surface area contributed by atoms with Crippen LogP contribution in [0.15, 0.2) is 36.4 Å². The largest absolute Gasteiger partial charge is 0.478 e. The Labute approximate surface area is 117 Å². The van der Waals surface area contributed by atoms with E-state index in [4.69, 9.17) is 16.7 Å². The van der Waals surface area contributed by atoms with Gasteiger partial charge in [-0.15, -0.1) is 0 Å². The van der Waals surface area contributed by atoms with Gasteiger partial charge in [-0.25, -0.2) is 9.18 Å². The molecule has 0 atom stereocenters. The van der Waals surface area contributed by atoms with Crippen molar-refractivity contribution in [3.63, 3.8) is 0 Å². The minimum absolute atomic E-state index is 0.0902. The van der Waals surface area contributed by atoms with Gasteiger partial charge >= 0.3 is 5.97 Å². The second-order valence-electron chi connectivity index (χ2n) is 3.92. The summed E-state index contributed by atoms with van der Waals surface area (Å²) in [7, 11) is 0. The van der Waals surface area contributed by atoms with E-state index < -0.39 is 16.7 Å². The van der Waals surface area contributed by atoms with Crippen LogP contribution in [0.1, 0.15) is 10.4 Å². The molecule has 1 N–H and O–H groups in total. The van der Waals surface area contributed by atoms with Crippen molar-refractivity contribution >= 4 is 23.3 Å². The van der Waals surface area contributed by atoms with E-state index in [2.05, 4.69) is 0 Å². The van der Waals surface area contributed by atoms with Crippen LogP contribution in [-0.4, -0.2) is 16.0 Å². The van der Waals surface area contributed by atoms with E-state index in [1.165, 1.54) is 18.2 Å². The second kappa shape index (κ2) is 5.26. The molecule has 0 bridgehead atoms. The van der Waals surface area contributed by atoms with Crippen LogP contribution in [0.4, 0.5) is 10.1 Å². The van der Waals surface area contributed by atoms with Crippen molar-refractivity contribution in [3.8, 4) is 11.1 Å². The minimum Gasteiger partial charge on any atom is -0.478 e. The summed E-state index contributed by atoms with van der Waals surface area (Å²) in [4.78, 5) is 21.1. The van der Waals surface area contributed by atoms with Gasteiger partial charge in [0, 0.05) is 12.1 Å². The van der Waals surface area contributed by atoms with Crippen LogP contribution in [0.3, 0.4) is 0 Å². The Bertz CT molecular complexity index is 718. The van der Waals surface area contributed by atoms with Crippen LogP contribution < -0.4 is 0 Å². The molecule has 0 aliphatic heterocycles. The highest BCUT2D eigenvalue weighted by molar-refractivity contribution is 6.30. The third kappa shape index (κ3) is 2.60. The third-order valence-corrected chi connectivity index (χ3v) is 2.98. The van der Waals surface area contributed by atoms with Gasteiger partial charge in [0.15, 0.2) is 0 Å². The molecule has 0 unspecified atom stereocenters. The maximum absolute atomic E-state index is 13.4. The predicted octanol–water partition coefficient (Wildman–Crippen LogP) is 3.75. The number of nitrogens with zero attached hydrogens (tertiary/aromatic N) is 1. The number of non-ortho nitro benzene ring substituents is 1. The number of hydrogen-bond acceptors (Lipinski definition) is 3. The Balaban J connectivity index is 2.63. The summed E-state index contributed by atoms with van der Waals surface area (Å²) in [5.41, 5.74) is -0.167. The van der Waals surface area contributed by atoms with Crippen LogP contribution in [0, 0.1) is 15.9 Å². The first-order valence-corrected chi connectivity index (χ1v) is 5.75. The Kier molecular flexibility index (Phi) is 3.67. The number of hydrogen-bond donors (Lipinski definition) is 1. The first-order valence-electron chi connectivity index (χ1n) is 5.37. The molecule has 0 radical (unpaired) electrons. The van der Waals surface area contributed by atoms with Gasteiger partial charge in [-0.05, 0) is 29.3 Å². The van der Waals surface area contributed by atoms with Gasteiger partial charge in [-0.3, -0.25) is 10.1 Å². The van der Waals surface area contributed by atoms with E-state index in [-0.39, 0.29) is 27.4 Å². The lowest BCUT2D eigenvalue weighted by molar-refractivity contribution is -0.384. The van der Waals surface area contributed by atoms with Crippen LogP contribution in [0.2, 0.25) is 5.02 Å². The van der Waals surface area contributed by atoms with Crippen LogP contribution in [0.25, 0.3) is 11.1 Å². The average Bonchev–Trinajstić information content (AvgIpc) is 2.41. The number of halogens is 2. The molecule has 2 rings (SSSR count). The maximum atomic E-state index is 13.4. The number of nitro groups is 1. The first-order chi connectivity index (χ1) is 9.40. The number of carboxylic acid groups (broad SMARTS) is 1. The molecule has 0 aliphatic carbocycles. The highest BCUT2D eigenvalue weighted by Crippen LogP contribution is 2.29. The number of carbonyl (C=O) groups is 1. The predicted molar refractivity (Wildman–Crippen MR) is 70.5 cm³/mol. The zero-order valence-electron chi connectivity index (χ0n) is 9.84. The van der Waals surface area contributed by atoms with Crippen molar-refractivity contribution in [2.24, 2.45) is 0 Å². The standard InChI is InChI=1S/C13H7ClFNO4/c14-11-4-1-7(5-12(11)15)9-3-2-8(16(19)20)6-10(9)13(17)18/h1-6H,(H,17,18). The number of carboxylic acids is 1. The normalized spacial score (nSPS) is 10.3. The molecule has 102 valence electrons. The van der Waals surface area contributed by atoms with E-state index in [0.717, 1.165) is 18.2 Å². The summed E-state index contributed by atoms with van der Waals surface area (Å²) < 4.78 is 13.4. The second-order valence-corrected chi connectivity index (χ2v) is 4.33. The molecule has 5 nitrogen and oxygen atoms in total. The van der Waals surface area contributed by atoms with E-state index >= 15 is 0 Å². The van der Waals surface area contributed by atoms with E-state index in [9.17, 15) is 19.3 Å². The van der Waals surface area contributed by atoms with Gasteiger partial charge in [0.05, 0.1) is 15.5 Å². The summed E-state index contributed by atoms with van der Waals surface area (Å²) in [5, 5.41) is 19.7. The van der Waals surface area contributed by atoms with Crippen LogP contribution in [0.5, 0.6) is 0 Å². The van der Waals surface area contributed by atoms with E-state index in [0.29, 0.717) is 0 Å². The molecule has 0 spiro atoms. The molecule has 0 saturated carbocycles. The highest BCUT2D eigenvalue weighted by atomic mass is 35.5. The average molecular weight is 296 g/mol. The van der Waals surface area contributed by atoms with Gasteiger partial charge in [-0.1, -0.05) is 17.7 Å². The molecular formula is C13H7ClFNO4. The molecule has 2 aromatic rings. The maximum Gasteiger partial charge on any atom is 0.336 e. The monoisotopic (exact) mass is 295 g/mol. The van der Waals surface area contributed by atoms with Crippen molar-refractivity contribution in [3.05, 3.63) is 62.9 Å². The van der Waals surface area contributed by atoms with Gasteiger partial charge < -0.3 is 5.11 Å². The fraction of sp³-hybridized carbons (Fsp3) is 0. The summed E-state index contributed by atoms with van der Waals surface area (Å²) in [5.74, 6) is -2.03. The number of benzene rings is 2. The van der Waals surface area contributed by atoms with E-state index in [1.807, 2.05) is 0 Å². The number of aromatic carboxylic acids is 1. The zero-order valence-corrected chi connectivity index (χ0v) is 10.6. The molecule has 0 aliphatic rings.